The Labute approximate surface area is 141 Å². The summed E-state index contributed by atoms with van der Waals surface area (Å²) in [6, 6.07) is 5.32. The number of fused-ring (bicyclic) bond motifs is 1. The third-order valence-corrected chi connectivity index (χ3v) is 5.26. The zero-order valence-corrected chi connectivity index (χ0v) is 13.7. The number of hydrogen-bond acceptors (Lipinski definition) is 4. The highest BCUT2D eigenvalue weighted by Gasteiger charge is 2.48. The molecule has 2 fully saturated rings. The van der Waals surface area contributed by atoms with E-state index in [4.69, 9.17) is 9.47 Å². The number of amides is 3. The number of benzene rings is 1. The molecule has 0 atom stereocenters. The molecule has 128 valence electrons. The molecule has 1 spiro atoms. The molecule has 4 rings (SSSR count). The van der Waals surface area contributed by atoms with Gasteiger partial charge in [-0.05, 0) is 18.9 Å². The lowest BCUT2D eigenvalue weighted by molar-refractivity contribution is -0.141. The van der Waals surface area contributed by atoms with Crippen LogP contribution in [0.15, 0.2) is 18.2 Å². The third-order valence-electron chi connectivity index (χ3n) is 5.26. The Balaban J connectivity index is 1.62. The van der Waals surface area contributed by atoms with Gasteiger partial charge in [0.05, 0.1) is 25.2 Å². The lowest BCUT2D eigenvalue weighted by atomic mass is 9.83. The van der Waals surface area contributed by atoms with Crippen molar-refractivity contribution in [1.82, 2.24) is 10.2 Å². The number of urea groups is 1. The Morgan fingerprint density at radius 3 is 2.71 bits per heavy atom. The summed E-state index contributed by atoms with van der Waals surface area (Å²) in [6.45, 7) is 1.88. The van der Waals surface area contributed by atoms with Gasteiger partial charge in [0.15, 0.2) is 11.5 Å². The second-order valence-electron chi connectivity index (χ2n) is 6.83. The zero-order chi connectivity index (χ0) is 16.6. The van der Waals surface area contributed by atoms with Gasteiger partial charge in [-0.15, -0.1) is 0 Å². The number of nitrogens with one attached hydrogen (secondary N) is 1. The fourth-order valence-electron chi connectivity index (χ4n) is 3.93. The number of para-hydroxylation sites is 1. The monoisotopic (exact) mass is 330 g/mol. The van der Waals surface area contributed by atoms with Crippen LogP contribution in [0.4, 0.5) is 4.79 Å². The standard InChI is InChI=1S/C18H22N2O4/c21-16-18(7-1-2-8-18)12-19-17(22)20(16)11-13-5-3-6-14-15(13)24-10-4-9-23-14/h3,5-6H,1-2,4,7-12H2,(H,19,22). The molecule has 1 saturated carbocycles. The Hall–Kier alpha value is -2.24. The molecule has 0 aromatic heterocycles. The van der Waals surface area contributed by atoms with Crippen LogP contribution in [0.5, 0.6) is 11.5 Å². The molecule has 3 amide bonds. The van der Waals surface area contributed by atoms with Gasteiger partial charge in [-0.2, -0.15) is 0 Å². The first-order valence-corrected chi connectivity index (χ1v) is 8.67. The first-order valence-electron chi connectivity index (χ1n) is 8.67. The van der Waals surface area contributed by atoms with Gasteiger partial charge in [0, 0.05) is 18.5 Å². The van der Waals surface area contributed by atoms with Crippen LogP contribution >= 0.6 is 0 Å². The van der Waals surface area contributed by atoms with Crippen molar-refractivity contribution in [2.45, 2.75) is 38.6 Å². The van der Waals surface area contributed by atoms with Crippen molar-refractivity contribution >= 4 is 11.9 Å². The summed E-state index contributed by atoms with van der Waals surface area (Å²) in [5.74, 6) is 1.29. The van der Waals surface area contributed by atoms with Crippen LogP contribution in [0.3, 0.4) is 0 Å². The molecule has 1 aromatic carbocycles. The smallest absolute Gasteiger partial charge is 0.324 e. The predicted octanol–water partition coefficient (Wildman–Crippen LogP) is 2.46. The quantitative estimate of drug-likeness (QED) is 0.904. The van der Waals surface area contributed by atoms with Crippen LogP contribution in [0.2, 0.25) is 0 Å². The Morgan fingerprint density at radius 2 is 1.88 bits per heavy atom. The summed E-state index contributed by atoms with van der Waals surface area (Å²) in [6.07, 6.45) is 4.63. The van der Waals surface area contributed by atoms with E-state index in [1.165, 1.54) is 4.90 Å². The van der Waals surface area contributed by atoms with Gasteiger partial charge in [0.2, 0.25) is 5.91 Å². The number of carbonyl (C=O) groups is 2. The molecule has 0 unspecified atom stereocenters. The molecule has 1 aromatic rings. The Kier molecular flexibility index (Phi) is 3.82. The van der Waals surface area contributed by atoms with E-state index in [0.717, 1.165) is 37.7 Å². The van der Waals surface area contributed by atoms with E-state index in [2.05, 4.69) is 5.32 Å². The van der Waals surface area contributed by atoms with Crippen molar-refractivity contribution in [3.8, 4) is 11.5 Å². The molecular formula is C18H22N2O4. The van der Waals surface area contributed by atoms with E-state index in [-0.39, 0.29) is 18.5 Å². The number of nitrogens with zero attached hydrogens (tertiary/aromatic N) is 1. The second kappa shape index (κ2) is 6.00. The van der Waals surface area contributed by atoms with Crippen LogP contribution < -0.4 is 14.8 Å². The highest BCUT2D eigenvalue weighted by atomic mass is 16.5. The maximum absolute atomic E-state index is 13.0. The predicted molar refractivity (Wildman–Crippen MR) is 86.9 cm³/mol. The first-order chi connectivity index (χ1) is 11.7. The molecule has 0 radical (unpaired) electrons. The molecule has 1 saturated heterocycles. The average molecular weight is 330 g/mol. The molecule has 6 nitrogen and oxygen atoms in total. The van der Waals surface area contributed by atoms with E-state index in [0.29, 0.717) is 31.3 Å². The second-order valence-corrected chi connectivity index (χ2v) is 6.83. The minimum atomic E-state index is -0.406. The van der Waals surface area contributed by atoms with E-state index >= 15 is 0 Å². The summed E-state index contributed by atoms with van der Waals surface area (Å²) < 4.78 is 11.5. The molecule has 1 N–H and O–H groups in total. The van der Waals surface area contributed by atoms with Gasteiger partial charge in [-0.3, -0.25) is 9.69 Å². The number of ether oxygens (including phenoxy) is 2. The van der Waals surface area contributed by atoms with Crippen LogP contribution in [0.1, 0.15) is 37.7 Å². The van der Waals surface area contributed by atoms with Crippen molar-refractivity contribution in [3.63, 3.8) is 0 Å². The molecule has 2 heterocycles. The fraction of sp³-hybridized carbons (Fsp3) is 0.556. The summed E-state index contributed by atoms with van der Waals surface area (Å²) in [4.78, 5) is 26.6. The van der Waals surface area contributed by atoms with Crippen LogP contribution in [0, 0.1) is 5.41 Å². The molecule has 1 aliphatic carbocycles. The molecule has 0 bridgehead atoms. The van der Waals surface area contributed by atoms with Crippen molar-refractivity contribution in [2.75, 3.05) is 19.8 Å². The van der Waals surface area contributed by atoms with Gasteiger partial charge < -0.3 is 14.8 Å². The normalized spacial score (nSPS) is 22.4. The maximum Gasteiger partial charge on any atom is 0.324 e. The van der Waals surface area contributed by atoms with Crippen LogP contribution in [0.25, 0.3) is 0 Å². The Bertz CT molecular complexity index is 667. The van der Waals surface area contributed by atoms with E-state index in [1.807, 2.05) is 18.2 Å². The number of hydrogen-bond donors (Lipinski definition) is 1. The third kappa shape index (κ3) is 2.50. The van der Waals surface area contributed by atoms with Crippen molar-refractivity contribution in [2.24, 2.45) is 5.41 Å². The number of imide groups is 1. The molecule has 3 aliphatic rings. The SMILES string of the molecule is O=C1NCC2(CCCC2)C(=O)N1Cc1cccc2c1OCCCO2. The van der Waals surface area contributed by atoms with E-state index in [1.54, 1.807) is 0 Å². The van der Waals surface area contributed by atoms with Gasteiger partial charge in [0.1, 0.15) is 0 Å². The highest BCUT2D eigenvalue weighted by molar-refractivity contribution is 6.00. The number of carbonyl (C=O) groups excluding carboxylic acids is 2. The lowest BCUT2D eigenvalue weighted by Gasteiger charge is -2.38. The van der Waals surface area contributed by atoms with Gasteiger partial charge in [-0.1, -0.05) is 25.0 Å². The summed E-state index contributed by atoms with van der Waals surface area (Å²) in [5.41, 5.74) is 0.407. The minimum Gasteiger partial charge on any atom is -0.490 e. The molecule has 2 aliphatic heterocycles. The van der Waals surface area contributed by atoms with Crippen LogP contribution in [-0.4, -0.2) is 36.6 Å². The fourth-order valence-corrected chi connectivity index (χ4v) is 3.93. The molecule has 24 heavy (non-hydrogen) atoms. The maximum atomic E-state index is 13.0. The van der Waals surface area contributed by atoms with Crippen molar-refractivity contribution < 1.29 is 19.1 Å². The van der Waals surface area contributed by atoms with E-state index in [9.17, 15) is 9.59 Å². The van der Waals surface area contributed by atoms with Gasteiger partial charge in [0.25, 0.3) is 0 Å². The Morgan fingerprint density at radius 1 is 1.08 bits per heavy atom. The zero-order valence-electron chi connectivity index (χ0n) is 13.7. The van der Waals surface area contributed by atoms with Crippen molar-refractivity contribution in [1.29, 1.82) is 0 Å². The number of rotatable bonds is 2. The van der Waals surface area contributed by atoms with Crippen LogP contribution in [-0.2, 0) is 11.3 Å². The molecular weight excluding hydrogens is 308 g/mol. The lowest BCUT2D eigenvalue weighted by Crippen LogP contribution is -2.59. The summed E-state index contributed by atoms with van der Waals surface area (Å²) in [7, 11) is 0. The summed E-state index contributed by atoms with van der Waals surface area (Å²) in [5, 5.41) is 2.90. The average Bonchev–Trinajstić information content (AvgIpc) is 2.93. The first kappa shape index (κ1) is 15.3. The minimum absolute atomic E-state index is 0.0455. The van der Waals surface area contributed by atoms with Gasteiger partial charge >= 0.3 is 6.03 Å². The summed E-state index contributed by atoms with van der Waals surface area (Å²) >= 11 is 0. The molecule has 6 heteroatoms. The van der Waals surface area contributed by atoms with Crippen molar-refractivity contribution in [3.05, 3.63) is 23.8 Å². The topological polar surface area (TPSA) is 67.9 Å². The largest absolute Gasteiger partial charge is 0.490 e. The van der Waals surface area contributed by atoms with Gasteiger partial charge in [-0.25, -0.2) is 4.79 Å². The van der Waals surface area contributed by atoms with E-state index < -0.39 is 5.41 Å². The highest BCUT2D eigenvalue weighted by Crippen LogP contribution is 2.42.